The van der Waals surface area contributed by atoms with Gasteiger partial charge in [-0.1, -0.05) is 0 Å². The summed E-state index contributed by atoms with van der Waals surface area (Å²) in [7, 11) is 1.58. The Morgan fingerprint density at radius 1 is 1.20 bits per heavy atom. The summed E-state index contributed by atoms with van der Waals surface area (Å²) >= 11 is 1.45. The van der Waals surface area contributed by atoms with Gasteiger partial charge in [-0.25, -0.2) is 9.37 Å². The van der Waals surface area contributed by atoms with Crippen molar-refractivity contribution in [2.45, 2.75) is 24.3 Å². The first-order valence-electron chi connectivity index (χ1n) is 11.6. The van der Waals surface area contributed by atoms with Crippen molar-refractivity contribution in [1.82, 2.24) is 14.9 Å². The Morgan fingerprint density at radius 2 is 2.03 bits per heavy atom. The third-order valence-corrected chi connectivity index (χ3v) is 7.41. The molecule has 7 nitrogen and oxygen atoms in total. The average molecular weight is 498 g/mol. The topological polar surface area (TPSA) is 92.6 Å². The molecule has 0 radical (unpaired) electrons. The van der Waals surface area contributed by atoms with Crippen LogP contribution in [0, 0.1) is 17.7 Å². The third kappa shape index (κ3) is 6.35. The number of ketones is 1. The molecule has 1 saturated heterocycles. The highest BCUT2D eigenvalue weighted by molar-refractivity contribution is 7.99. The molecule has 4 rings (SSSR count). The SMILES string of the molecule is COc1ccc2nccc(C(=O)CCC3CCN(CCSc4cc(F)ccn4)CC3C(=O)O)c2c1. The number of likely N-dealkylation sites (tertiary alicyclic amines) is 1. The number of carboxylic acid groups (broad SMARTS) is 1. The normalized spacial score (nSPS) is 18.5. The first-order valence-corrected chi connectivity index (χ1v) is 12.6. The first-order chi connectivity index (χ1) is 16.9. The van der Waals surface area contributed by atoms with Crippen molar-refractivity contribution in [1.29, 1.82) is 0 Å². The van der Waals surface area contributed by atoms with Crippen LogP contribution in [-0.4, -0.2) is 64.2 Å². The molecule has 0 bridgehead atoms. The Bertz CT molecular complexity index is 1210. The maximum atomic E-state index is 13.3. The van der Waals surface area contributed by atoms with E-state index in [0.717, 1.165) is 23.9 Å². The van der Waals surface area contributed by atoms with Gasteiger partial charge in [0.1, 0.15) is 11.6 Å². The van der Waals surface area contributed by atoms with Gasteiger partial charge < -0.3 is 14.7 Å². The minimum absolute atomic E-state index is 0.0174. The summed E-state index contributed by atoms with van der Waals surface area (Å²) in [6.45, 7) is 1.92. The summed E-state index contributed by atoms with van der Waals surface area (Å²) in [6, 6.07) is 9.87. The average Bonchev–Trinajstić information content (AvgIpc) is 2.87. The van der Waals surface area contributed by atoms with E-state index in [4.69, 9.17) is 4.74 Å². The maximum absolute atomic E-state index is 13.3. The summed E-state index contributed by atoms with van der Waals surface area (Å²) in [5.41, 5.74) is 1.31. The molecule has 1 fully saturated rings. The fraction of sp³-hybridized carbons (Fsp3) is 0.385. The highest BCUT2D eigenvalue weighted by Crippen LogP contribution is 2.30. The number of fused-ring (bicyclic) bond motifs is 1. The van der Waals surface area contributed by atoms with Gasteiger partial charge in [-0.05, 0) is 55.6 Å². The molecule has 1 aliphatic heterocycles. The van der Waals surface area contributed by atoms with Crippen molar-refractivity contribution in [3.05, 3.63) is 60.2 Å². The zero-order valence-corrected chi connectivity index (χ0v) is 20.3. The minimum Gasteiger partial charge on any atom is -0.497 e. The van der Waals surface area contributed by atoms with Gasteiger partial charge in [-0.3, -0.25) is 14.6 Å². The fourth-order valence-electron chi connectivity index (χ4n) is 4.59. The number of piperidine rings is 1. The molecule has 35 heavy (non-hydrogen) atoms. The Hall–Kier alpha value is -3.04. The lowest BCUT2D eigenvalue weighted by Crippen LogP contribution is -2.44. The Kier molecular flexibility index (Phi) is 8.30. The number of aliphatic carboxylic acids is 1. The molecule has 2 unspecified atom stereocenters. The van der Waals surface area contributed by atoms with E-state index in [9.17, 15) is 19.1 Å². The number of hydrogen-bond acceptors (Lipinski definition) is 7. The number of thioether (sulfide) groups is 1. The molecule has 2 aromatic heterocycles. The van der Waals surface area contributed by atoms with E-state index < -0.39 is 11.9 Å². The lowest BCUT2D eigenvalue weighted by Gasteiger charge is -2.36. The molecule has 0 saturated carbocycles. The first kappa shape index (κ1) is 25.1. The van der Waals surface area contributed by atoms with Gasteiger partial charge >= 0.3 is 5.97 Å². The monoisotopic (exact) mass is 497 g/mol. The number of Topliss-reactive ketones (excluding diaryl/α,β-unsaturated/α-hetero) is 1. The van der Waals surface area contributed by atoms with Crippen LogP contribution in [0.25, 0.3) is 10.9 Å². The Labute approximate surface area is 207 Å². The number of halogens is 1. The molecule has 3 heterocycles. The van der Waals surface area contributed by atoms with Gasteiger partial charge in [-0.2, -0.15) is 0 Å². The number of benzene rings is 1. The molecule has 1 aliphatic rings. The Morgan fingerprint density at radius 3 is 2.80 bits per heavy atom. The van der Waals surface area contributed by atoms with Crippen LogP contribution < -0.4 is 4.74 Å². The third-order valence-electron chi connectivity index (χ3n) is 6.50. The molecule has 2 atom stereocenters. The lowest BCUT2D eigenvalue weighted by molar-refractivity contribution is -0.146. The van der Waals surface area contributed by atoms with Crippen LogP contribution in [0.4, 0.5) is 4.39 Å². The summed E-state index contributed by atoms with van der Waals surface area (Å²) in [6.07, 6.45) is 4.59. The molecule has 184 valence electrons. The highest BCUT2D eigenvalue weighted by atomic mass is 32.2. The van der Waals surface area contributed by atoms with Crippen molar-refractivity contribution >= 4 is 34.4 Å². The van der Waals surface area contributed by atoms with Gasteiger partial charge in [0.2, 0.25) is 0 Å². The van der Waals surface area contributed by atoms with Gasteiger partial charge in [0.15, 0.2) is 5.78 Å². The quantitative estimate of drug-likeness (QED) is 0.322. The van der Waals surface area contributed by atoms with Crippen molar-refractivity contribution in [2.24, 2.45) is 11.8 Å². The van der Waals surface area contributed by atoms with E-state index in [1.807, 2.05) is 18.2 Å². The van der Waals surface area contributed by atoms with Gasteiger partial charge in [0.25, 0.3) is 0 Å². The molecular formula is C26H28FN3O4S. The number of methoxy groups -OCH3 is 1. The zero-order chi connectivity index (χ0) is 24.8. The molecule has 0 amide bonds. The minimum atomic E-state index is -0.828. The maximum Gasteiger partial charge on any atom is 0.308 e. The molecule has 0 spiro atoms. The number of rotatable bonds is 10. The molecular weight excluding hydrogens is 469 g/mol. The summed E-state index contributed by atoms with van der Waals surface area (Å²) < 4.78 is 18.6. The highest BCUT2D eigenvalue weighted by Gasteiger charge is 2.34. The van der Waals surface area contributed by atoms with Crippen molar-refractivity contribution < 1.29 is 23.8 Å². The van der Waals surface area contributed by atoms with Crippen LogP contribution in [0.2, 0.25) is 0 Å². The van der Waals surface area contributed by atoms with Crippen LogP contribution in [0.1, 0.15) is 29.6 Å². The number of nitrogens with zero attached hydrogens (tertiary/aromatic N) is 3. The van der Waals surface area contributed by atoms with E-state index in [0.29, 0.717) is 41.6 Å². The van der Waals surface area contributed by atoms with Crippen molar-refractivity contribution in [2.75, 3.05) is 32.5 Å². The van der Waals surface area contributed by atoms with E-state index >= 15 is 0 Å². The smallest absolute Gasteiger partial charge is 0.308 e. The zero-order valence-electron chi connectivity index (χ0n) is 19.5. The predicted molar refractivity (Wildman–Crippen MR) is 132 cm³/mol. The van der Waals surface area contributed by atoms with Crippen LogP contribution in [-0.2, 0) is 4.79 Å². The van der Waals surface area contributed by atoms with Crippen LogP contribution in [0.15, 0.2) is 53.8 Å². The number of pyridine rings is 2. The molecule has 1 N–H and O–H groups in total. The van der Waals surface area contributed by atoms with Crippen molar-refractivity contribution in [3.63, 3.8) is 0 Å². The van der Waals surface area contributed by atoms with Crippen LogP contribution >= 0.6 is 11.8 Å². The summed E-state index contributed by atoms with van der Waals surface area (Å²) in [4.78, 5) is 35.7. The number of hydrogen-bond donors (Lipinski definition) is 1. The number of carbonyl (C=O) groups excluding carboxylic acids is 1. The second-order valence-electron chi connectivity index (χ2n) is 8.66. The van der Waals surface area contributed by atoms with Crippen LogP contribution in [0.3, 0.4) is 0 Å². The molecule has 9 heteroatoms. The second-order valence-corrected chi connectivity index (χ2v) is 9.77. The van der Waals surface area contributed by atoms with Crippen molar-refractivity contribution in [3.8, 4) is 5.75 Å². The molecule has 3 aromatic rings. The number of ether oxygens (including phenoxy) is 1. The van der Waals surface area contributed by atoms with E-state index in [2.05, 4.69) is 14.9 Å². The number of carboxylic acids is 1. The number of carbonyl (C=O) groups is 2. The Balaban J connectivity index is 1.33. The fourth-order valence-corrected chi connectivity index (χ4v) is 5.48. The lowest BCUT2D eigenvalue weighted by atomic mass is 9.81. The van der Waals surface area contributed by atoms with Crippen LogP contribution in [0.5, 0.6) is 5.75 Å². The molecule has 1 aromatic carbocycles. The van der Waals surface area contributed by atoms with E-state index in [-0.39, 0.29) is 23.9 Å². The van der Waals surface area contributed by atoms with Gasteiger partial charge in [0, 0.05) is 54.7 Å². The molecule has 0 aliphatic carbocycles. The van der Waals surface area contributed by atoms with E-state index in [1.165, 1.54) is 30.1 Å². The summed E-state index contributed by atoms with van der Waals surface area (Å²) in [5.74, 6) is -0.394. The predicted octanol–water partition coefficient (Wildman–Crippen LogP) is 4.56. The number of aromatic nitrogens is 2. The second kappa shape index (κ2) is 11.6. The van der Waals surface area contributed by atoms with Gasteiger partial charge in [0.05, 0.1) is 23.6 Å². The summed E-state index contributed by atoms with van der Waals surface area (Å²) in [5, 5.41) is 11.2. The van der Waals surface area contributed by atoms with Gasteiger partial charge in [-0.15, -0.1) is 11.8 Å². The largest absolute Gasteiger partial charge is 0.497 e. The standard InChI is InChI=1S/C26H28FN3O4S/c1-34-19-3-4-23-21(15-19)20(7-10-28-23)24(31)5-2-17-8-11-30(16-22(17)26(32)33)12-13-35-25-14-18(27)6-9-29-25/h3-4,6-7,9-10,14-15,17,22H,2,5,8,11-13,16H2,1H3,(H,32,33). The van der Waals surface area contributed by atoms with E-state index in [1.54, 1.807) is 19.4 Å².